The van der Waals surface area contributed by atoms with E-state index in [0.29, 0.717) is 12.1 Å². The maximum atomic E-state index is 12.3. The summed E-state index contributed by atoms with van der Waals surface area (Å²) >= 11 is 0. The molecule has 0 bridgehead atoms. The molecule has 0 saturated carbocycles. The van der Waals surface area contributed by atoms with Gasteiger partial charge in [0.25, 0.3) is 11.8 Å². The average molecular weight is 322 g/mol. The topological polar surface area (TPSA) is 105 Å². The van der Waals surface area contributed by atoms with Crippen LogP contribution in [0.4, 0.5) is 0 Å². The summed E-state index contributed by atoms with van der Waals surface area (Å²) in [5.74, 6) is -2.07. The van der Waals surface area contributed by atoms with Gasteiger partial charge in [0.1, 0.15) is 0 Å². The van der Waals surface area contributed by atoms with Crippen molar-refractivity contribution in [3.63, 3.8) is 0 Å². The predicted octanol–water partition coefficient (Wildman–Crippen LogP) is 1.05. The Labute approximate surface area is 135 Å². The van der Waals surface area contributed by atoms with Gasteiger partial charge in [-0.25, -0.2) is 4.79 Å². The summed E-state index contributed by atoms with van der Waals surface area (Å²) in [5, 5.41) is 14.4. The number of rotatable bonds is 8. The van der Waals surface area contributed by atoms with E-state index in [2.05, 4.69) is 10.6 Å². The van der Waals surface area contributed by atoms with Gasteiger partial charge >= 0.3 is 5.97 Å². The van der Waals surface area contributed by atoms with Crippen LogP contribution in [-0.4, -0.2) is 48.7 Å². The van der Waals surface area contributed by atoms with Crippen LogP contribution in [-0.2, 0) is 9.53 Å². The number of hydrogen-bond acceptors (Lipinski definition) is 4. The number of hydrogen-bond donors (Lipinski definition) is 3. The van der Waals surface area contributed by atoms with E-state index >= 15 is 0 Å². The first-order valence-corrected chi connectivity index (χ1v) is 7.27. The van der Waals surface area contributed by atoms with Crippen LogP contribution < -0.4 is 10.6 Å². The van der Waals surface area contributed by atoms with Crippen molar-refractivity contribution in [3.05, 3.63) is 35.4 Å². The van der Waals surface area contributed by atoms with Gasteiger partial charge in [0.05, 0.1) is 6.61 Å². The lowest BCUT2D eigenvalue weighted by atomic mass is 10.0. The van der Waals surface area contributed by atoms with Crippen molar-refractivity contribution in [3.8, 4) is 0 Å². The number of nitrogens with one attached hydrogen (secondary N) is 2. The fraction of sp³-hybridized carbons (Fsp3) is 0.438. The molecule has 0 aliphatic carbocycles. The molecule has 0 aliphatic heterocycles. The van der Waals surface area contributed by atoms with Crippen LogP contribution in [0.1, 0.15) is 41.0 Å². The fourth-order valence-electron chi connectivity index (χ4n) is 1.90. The highest BCUT2D eigenvalue weighted by Crippen LogP contribution is 2.10. The highest BCUT2D eigenvalue weighted by molar-refractivity contribution is 6.01. The van der Waals surface area contributed by atoms with Crippen molar-refractivity contribution >= 4 is 17.8 Å². The number of ether oxygens (including phenoxy) is 1. The number of aliphatic carboxylic acids is 1. The van der Waals surface area contributed by atoms with E-state index in [1.807, 2.05) is 6.92 Å². The third kappa shape index (κ3) is 5.07. The normalized spacial score (nSPS) is 13.0. The van der Waals surface area contributed by atoms with Gasteiger partial charge in [-0.3, -0.25) is 9.59 Å². The number of carboxylic acids is 1. The van der Waals surface area contributed by atoms with Crippen molar-refractivity contribution < 1.29 is 24.2 Å². The fourth-order valence-corrected chi connectivity index (χ4v) is 1.90. The summed E-state index contributed by atoms with van der Waals surface area (Å²) in [4.78, 5) is 35.5. The van der Waals surface area contributed by atoms with Gasteiger partial charge in [0.2, 0.25) is 0 Å². The molecule has 1 atom stereocenters. The molecule has 0 saturated heterocycles. The van der Waals surface area contributed by atoms with Gasteiger partial charge in [0.15, 0.2) is 5.54 Å². The van der Waals surface area contributed by atoms with Crippen molar-refractivity contribution in [2.75, 3.05) is 20.3 Å². The molecule has 126 valence electrons. The van der Waals surface area contributed by atoms with E-state index < -0.39 is 17.4 Å². The zero-order valence-electron chi connectivity index (χ0n) is 13.5. The monoisotopic (exact) mass is 322 g/mol. The summed E-state index contributed by atoms with van der Waals surface area (Å²) in [6, 6.07) is 6.11. The molecule has 7 heteroatoms. The summed E-state index contributed by atoms with van der Waals surface area (Å²) in [7, 11) is 1.35. The van der Waals surface area contributed by atoms with Crippen LogP contribution in [0.15, 0.2) is 24.3 Å². The van der Waals surface area contributed by atoms with Crippen molar-refractivity contribution in [1.29, 1.82) is 0 Å². The maximum Gasteiger partial charge on any atom is 0.331 e. The van der Waals surface area contributed by atoms with Gasteiger partial charge in [0, 0.05) is 24.8 Å². The summed E-state index contributed by atoms with van der Waals surface area (Å²) in [6.45, 7) is 3.66. The molecule has 2 amide bonds. The van der Waals surface area contributed by atoms with E-state index in [1.165, 1.54) is 26.2 Å². The molecule has 0 heterocycles. The number of carbonyl (C=O) groups is 3. The molecular formula is C16H22N2O5. The third-order valence-electron chi connectivity index (χ3n) is 3.22. The van der Waals surface area contributed by atoms with Crippen LogP contribution in [0.3, 0.4) is 0 Å². The standard InChI is InChI=1S/C16H22N2O5/c1-4-8-17-13(19)11-6-5-7-12(9-11)14(20)18-16(2,10-23-3)15(21)22/h5-7,9H,4,8,10H2,1-3H3,(H,17,19)(H,18,20)(H,21,22). The second-order valence-corrected chi connectivity index (χ2v) is 5.36. The van der Waals surface area contributed by atoms with E-state index in [0.717, 1.165) is 6.42 Å². The molecular weight excluding hydrogens is 300 g/mol. The summed E-state index contributed by atoms with van der Waals surface area (Å²) in [6.07, 6.45) is 0.805. The average Bonchev–Trinajstić information content (AvgIpc) is 2.52. The maximum absolute atomic E-state index is 12.3. The summed E-state index contributed by atoms with van der Waals surface area (Å²) < 4.78 is 4.85. The largest absolute Gasteiger partial charge is 0.479 e. The Balaban J connectivity index is 2.92. The quantitative estimate of drug-likeness (QED) is 0.663. The Morgan fingerprint density at radius 2 is 1.83 bits per heavy atom. The minimum absolute atomic E-state index is 0.176. The minimum atomic E-state index is -1.55. The molecule has 0 fully saturated rings. The van der Waals surface area contributed by atoms with Crippen molar-refractivity contribution in [2.45, 2.75) is 25.8 Å². The molecule has 7 nitrogen and oxygen atoms in total. The molecule has 0 radical (unpaired) electrons. The summed E-state index contributed by atoms with van der Waals surface area (Å²) in [5.41, 5.74) is -1.00. The number of methoxy groups -OCH3 is 1. The van der Waals surface area contributed by atoms with Crippen LogP contribution in [0, 0.1) is 0 Å². The van der Waals surface area contributed by atoms with Crippen LogP contribution in [0.25, 0.3) is 0 Å². The SMILES string of the molecule is CCCNC(=O)c1cccc(C(=O)NC(C)(COC)C(=O)O)c1. The number of carbonyl (C=O) groups excluding carboxylic acids is 2. The molecule has 3 N–H and O–H groups in total. The van der Waals surface area contributed by atoms with Gasteiger partial charge in [-0.05, 0) is 31.5 Å². The highest BCUT2D eigenvalue weighted by atomic mass is 16.5. The first-order chi connectivity index (χ1) is 10.8. The lowest BCUT2D eigenvalue weighted by Gasteiger charge is -2.25. The zero-order chi connectivity index (χ0) is 17.5. The number of carboxylic acid groups (broad SMARTS) is 1. The van der Waals surface area contributed by atoms with E-state index in [1.54, 1.807) is 12.1 Å². The zero-order valence-corrected chi connectivity index (χ0v) is 13.5. The van der Waals surface area contributed by atoms with Gasteiger partial charge in [-0.15, -0.1) is 0 Å². The first-order valence-electron chi connectivity index (χ1n) is 7.27. The van der Waals surface area contributed by atoms with Crippen molar-refractivity contribution in [1.82, 2.24) is 10.6 Å². The van der Waals surface area contributed by atoms with Crippen LogP contribution >= 0.6 is 0 Å². The molecule has 1 aromatic carbocycles. The molecule has 0 aliphatic rings. The Bertz CT molecular complexity index is 588. The smallest absolute Gasteiger partial charge is 0.331 e. The Kier molecular flexibility index (Phi) is 6.71. The second kappa shape index (κ2) is 8.28. The Morgan fingerprint density at radius 3 is 2.35 bits per heavy atom. The van der Waals surface area contributed by atoms with Crippen LogP contribution in [0.2, 0.25) is 0 Å². The first kappa shape index (κ1) is 18.6. The van der Waals surface area contributed by atoms with E-state index in [9.17, 15) is 19.5 Å². The van der Waals surface area contributed by atoms with E-state index in [4.69, 9.17) is 4.74 Å². The highest BCUT2D eigenvalue weighted by Gasteiger charge is 2.35. The van der Waals surface area contributed by atoms with Crippen molar-refractivity contribution in [2.24, 2.45) is 0 Å². The van der Waals surface area contributed by atoms with E-state index in [-0.39, 0.29) is 18.1 Å². The lowest BCUT2D eigenvalue weighted by molar-refractivity contribution is -0.145. The molecule has 0 spiro atoms. The second-order valence-electron chi connectivity index (χ2n) is 5.36. The molecule has 0 aromatic heterocycles. The Hall–Kier alpha value is -2.41. The molecule has 1 rings (SSSR count). The van der Waals surface area contributed by atoms with Gasteiger partial charge < -0.3 is 20.5 Å². The number of benzene rings is 1. The van der Waals surface area contributed by atoms with Crippen LogP contribution in [0.5, 0.6) is 0 Å². The molecule has 23 heavy (non-hydrogen) atoms. The molecule has 1 aromatic rings. The Morgan fingerprint density at radius 1 is 1.22 bits per heavy atom. The third-order valence-corrected chi connectivity index (χ3v) is 3.22. The lowest BCUT2D eigenvalue weighted by Crippen LogP contribution is -2.55. The minimum Gasteiger partial charge on any atom is -0.479 e. The molecule has 1 unspecified atom stereocenters. The van der Waals surface area contributed by atoms with Gasteiger partial charge in [-0.2, -0.15) is 0 Å². The predicted molar refractivity (Wildman–Crippen MR) is 84.4 cm³/mol. The van der Waals surface area contributed by atoms with Gasteiger partial charge in [-0.1, -0.05) is 13.0 Å². The number of amides is 2.